The average Bonchev–Trinajstić information content (AvgIpc) is 2.45. The highest BCUT2D eigenvalue weighted by Gasteiger charge is 2.17. The highest BCUT2D eigenvalue weighted by molar-refractivity contribution is 8.13. The van der Waals surface area contributed by atoms with Gasteiger partial charge in [0.25, 0.3) is 9.05 Å². The predicted octanol–water partition coefficient (Wildman–Crippen LogP) is 1.55. The number of carbonyl (C=O) groups excluding carboxylic acids is 1. The molecule has 0 aromatic carbocycles. The summed E-state index contributed by atoms with van der Waals surface area (Å²) in [6, 6.07) is 1.29. The normalized spacial score (nSPS) is 11.6. The summed E-state index contributed by atoms with van der Waals surface area (Å²) < 4.78 is 23.3. The fraction of sp³-hybridized carbons (Fsp3) is 0.375. The SMILES string of the molecule is CCC(=O)c1cc(S(=O)(=O)Cl)n(C)c1. The van der Waals surface area contributed by atoms with E-state index in [2.05, 4.69) is 0 Å². The number of aromatic nitrogens is 1. The molecule has 1 aromatic rings. The fourth-order valence-electron chi connectivity index (χ4n) is 1.14. The number of hydrogen-bond acceptors (Lipinski definition) is 3. The summed E-state index contributed by atoms with van der Waals surface area (Å²) >= 11 is 0. The van der Waals surface area contributed by atoms with Crippen LogP contribution in [0.5, 0.6) is 0 Å². The Morgan fingerprint density at radius 3 is 2.50 bits per heavy atom. The first-order chi connectivity index (χ1) is 6.36. The number of rotatable bonds is 3. The number of Topliss-reactive ketones (excluding diaryl/α,β-unsaturated/α-hetero) is 1. The van der Waals surface area contributed by atoms with Crippen LogP contribution < -0.4 is 0 Å². The van der Waals surface area contributed by atoms with Crippen LogP contribution >= 0.6 is 10.7 Å². The van der Waals surface area contributed by atoms with Crippen molar-refractivity contribution in [3.8, 4) is 0 Å². The summed E-state index contributed by atoms with van der Waals surface area (Å²) in [5.74, 6) is -0.104. The van der Waals surface area contributed by atoms with E-state index in [4.69, 9.17) is 10.7 Å². The van der Waals surface area contributed by atoms with E-state index in [0.717, 1.165) is 0 Å². The van der Waals surface area contributed by atoms with Gasteiger partial charge in [-0.15, -0.1) is 0 Å². The van der Waals surface area contributed by atoms with Gasteiger partial charge in [0.15, 0.2) is 10.8 Å². The number of aryl methyl sites for hydroxylation is 1. The molecular weight excluding hydrogens is 226 g/mol. The summed E-state index contributed by atoms with van der Waals surface area (Å²) in [4.78, 5) is 11.3. The van der Waals surface area contributed by atoms with Gasteiger partial charge in [-0.2, -0.15) is 0 Å². The van der Waals surface area contributed by atoms with Gasteiger partial charge < -0.3 is 4.57 Å². The Balaban J connectivity index is 3.25. The molecule has 6 heteroatoms. The van der Waals surface area contributed by atoms with Crippen LogP contribution in [0.4, 0.5) is 0 Å². The molecule has 0 radical (unpaired) electrons. The molecule has 14 heavy (non-hydrogen) atoms. The Labute approximate surface area is 86.9 Å². The highest BCUT2D eigenvalue weighted by Crippen LogP contribution is 2.18. The first kappa shape index (κ1) is 11.3. The van der Waals surface area contributed by atoms with Gasteiger partial charge in [-0.25, -0.2) is 8.42 Å². The summed E-state index contributed by atoms with van der Waals surface area (Å²) in [5.41, 5.74) is 0.370. The third-order valence-corrected chi connectivity index (χ3v) is 3.23. The lowest BCUT2D eigenvalue weighted by atomic mass is 10.2. The highest BCUT2D eigenvalue weighted by atomic mass is 35.7. The number of ketones is 1. The lowest BCUT2D eigenvalue weighted by Gasteiger charge is -1.95. The molecule has 0 amide bonds. The van der Waals surface area contributed by atoms with E-state index in [1.54, 1.807) is 6.92 Å². The molecule has 0 atom stereocenters. The van der Waals surface area contributed by atoms with E-state index in [0.29, 0.717) is 12.0 Å². The van der Waals surface area contributed by atoms with Crippen LogP contribution in [0.15, 0.2) is 17.3 Å². The van der Waals surface area contributed by atoms with Crippen LogP contribution in [0.25, 0.3) is 0 Å². The summed E-state index contributed by atoms with van der Waals surface area (Å²) in [5, 5.41) is -0.0593. The number of nitrogens with zero attached hydrogens (tertiary/aromatic N) is 1. The molecule has 0 N–H and O–H groups in total. The second-order valence-electron chi connectivity index (χ2n) is 2.89. The molecule has 0 aliphatic carbocycles. The van der Waals surface area contributed by atoms with Crippen molar-refractivity contribution in [2.24, 2.45) is 7.05 Å². The van der Waals surface area contributed by atoms with Crippen LogP contribution in [-0.2, 0) is 16.1 Å². The van der Waals surface area contributed by atoms with Gasteiger partial charge in [0.2, 0.25) is 0 Å². The molecule has 0 aliphatic rings. The first-order valence-corrected chi connectivity index (χ1v) is 6.31. The summed E-state index contributed by atoms with van der Waals surface area (Å²) in [6.45, 7) is 1.71. The van der Waals surface area contributed by atoms with E-state index in [1.165, 1.54) is 23.9 Å². The second kappa shape index (κ2) is 3.74. The minimum Gasteiger partial charge on any atom is -0.340 e. The lowest BCUT2D eigenvalue weighted by Crippen LogP contribution is -1.97. The Bertz CT molecular complexity index is 461. The number of hydrogen-bond donors (Lipinski definition) is 0. The van der Waals surface area contributed by atoms with Gasteiger partial charge in [-0.1, -0.05) is 6.92 Å². The Hall–Kier alpha value is -0.810. The maximum absolute atomic E-state index is 11.3. The van der Waals surface area contributed by atoms with Crippen molar-refractivity contribution in [2.45, 2.75) is 18.4 Å². The number of halogens is 1. The van der Waals surface area contributed by atoms with Crippen LogP contribution in [0.3, 0.4) is 0 Å². The smallest absolute Gasteiger partial charge is 0.276 e. The third kappa shape index (κ3) is 2.16. The van der Waals surface area contributed by atoms with Gasteiger partial charge in [-0.3, -0.25) is 4.79 Å². The third-order valence-electron chi connectivity index (χ3n) is 1.85. The van der Waals surface area contributed by atoms with E-state index in [1.807, 2.05) is 0 Å². The number of carbonyl (C=O) groups is 1. The molecule has 0 saturated carbocycles. The minimum absolute atomic E-state index is 0.0593. The van der Waals surface area contributed by atoms with Crippen molar-refractivity contribution in [1.29, 1.82) is 0 Å². The zero-order valence-electron chi connectivity index (χ0n) is 7.82. The van der Waals surface area contributed by atoms with E-state index >= 15 is 0 Å². The van der Waals surface area contributed by atoms with E-state index in [-0.39, 0.29) is 10.8 Å². The summed E-state index contributed by atoms with van der Waals surface area (Å²) in [7, 11) is 2.92. The topological polar surface area (TPSA) is 56.1 Å². The molecule has 78 valence electrons. The van der Waals surface area contributed by atoms with Crippen LogP contribution in [0.2, 0.25) is 0 Å². The molecule has 4 nitrogen and oxygen atoms in total. The maximum atomic E-state index is 11.3. The molecular formula is C8H10ClNO3S. The van der Waals surface area contributed by atoms with Crippen molar-refractivity contribution in [3.63, 3.8) is 0 Å². The Morgan fingerprint density at radius 2 is 2.14 bits per heavy atom. The van der Waals surface area contributed by atoms with E-state index in [9.17, 15) is 13.2 Å². The molecule has 1 heterocycles. The van der Waals surface area contributed by atoms with E-state index < -0.39 is 9.05 Å². The van der Waals surface area contributed by atoms with Gasteiger partial charge in [-0.05, 0) is 6.07 Å². The van der Waals surface area contributed by atoms with Gasteiger partial charge in [0, 0.05) is 35.9 Å². The molecule has 0 saturated heterocycles. The molecule has 1 aromatic heterocycles. The van der Waals surface area contributed by atoms with Crippen LogP contribution in [-0.4, -0.2) is 18.8 Å². The molecule has 0 aliphatic heterocycles. The summed E-state index contributed by atoms with van der Waals surface area (Å²) in [6.07, 6.45) is 1.80. The standard InChI is InChI=1S/C8H10ClNO3S/c1-3-7(11)6-4-8(10(2)5-6)14(9,12)13/h4-5H,3H2,1-2H3. The van der Waals surface area contributed by atoms with Crippen molar-refractivity contribution >= 4 is 25.5 Å². The van der Waals surface area contributed by atoms with Crippen LogP contribution in [0.1, 0.15) is 23.7 Å². The molecule has 1 rings (SSSR count). The largest absolute Gasteiger partial charge is 0.340 e. The van der Waals surface area contributed by atoms with Gasteiger partial charge in [0.05, 0.1) is 0 Å². The zero-order chi connectivity index (χ0) is 10.9. The monoisotopic (exact) mass is 235 g/mol. The maximum Gasteiger partial charge on any atom is 0.276 e. The average molecular weight is 236 g/mol. The second-order valence-corrected chi connectivity index (χ2v) is 5.41. The quantitative estimate of drug-likeness (QED) is 0.590. The molecule has 0 unspecified atom stereocenters. The molecule has 0 spiro atoms. The van der Waals surface area contributed by atoms with Crippen molar-refractivity contribution in [3.05, 3.63) is 17.8 Å². The van der Waals surface area contributed by atoms with Crippen LogP contribution in [0, 0.1) is 0 Å². The van der Waals surface area contributed by atoms with Crippen molar-refractivity contribution in [1.82, 2.24) is 4.57 Å². The predicted molar refractivity (Wildman–Crippen MR) is 53.1 cm³/mol. The lowest BCUT2D eigenvalue weighted by molar-refractivity contribution is 0.0988. The molecule has 0 bridgehead atoms. The fourth-order valence-corrected chi connectivity index (χ4v) is 2.27. The minimum atomic E-state index is -3.77. The van der Waals surface area contributed by atoms with Crippen molar-refractivity contribution < 1.29 is 13.2 Å². The Kier molecular flexibility index (Phi) is 3.01. The molecule has 0 fully saturated rings. The Morgan fingerprint density at radius 1 is 1.57 bits per heavy atom. The van der Waals surface area contributed by atoms with Gasteiger partial charge in [0.1, 0.15) is 0 Å². The zero-order valence-corrected chi connectivity index (χ0v) is 9.39. The van der Waals surface area contributed by atoms with Crippen molar-refractivity contribution in [2.75, 3.05) is 0 Å². The van der Waals surface area contributed by atoms with Gasteiger partial charge >= 0.3 is 0 Å². The first-order valence-electron chi connectivity index (χ1n) is 4.00.